The summed E-state index contributed by atoms with van der Waals surface area (Å²) in [5.74, 6) is 0.720. The summed E-state index contributed by atoms with van der Waals surface area (Å²) in [6.45, 7) is 4.09. The van der Waals surface area contributed by atoms with E-state index in [1.165, 1.54) is 5.56 Å². The fourth-order valence-corrected chi connectivity index (χ4v) is 3.27. The number of hydrogen-bond donors (Lipinski definition) is 1. The van der Waals surface area contributed by atoms with E-state index in [1.54, 1.807) is 11.3 Å². The number of aryl methyl sites for hydroxylation is 2. The molecule has 2 aromatic carbocycles. The van der Waals surface area contributed by atoms with Gasteiger partial charge in [-0.05, 0) is 38.1 Å². The normalized spacial score (nSPS) is 10.7. The topological polar surface area (TPSA) is 50.7 Å². The fraction of sp³-hybridized carbons (Fsp3) is 0.0952. The van der Waals surface area contributed by atoms with E-state index in [-0.39, 0.29) is 0 Å². The number of aromatic nitrogens is 3. The van der Waals surface area contributed by atoms with Crippen molar-refractivity contribution in [3.8, 4) is 22.5 Å². The molecule has 0 spiro atoms. The second-order valence-corrected chi connectivity index (χ2v) is 7.19. The molecule has 0 aliphatic heterocycles. The Hall–Kier alpha value is -3.05. The van der Waals surface area contributed by atoms with Gasteiger partial charge in [0, 0.05) is 22.2 Å². The first-order valence-corrected chi connectivity index (χ1v) is 9.26. The predicted octanol–water partition coefficient (Wildman–Crippen LogP) is 5.63. The van der Waals surface area contributed by atoms with Crippen molar-refractivity contribution in [3.05, 3.63) is 76.6 Å². The van der Waals surface area contributed by atoms with Crippen LogP contribution in [-0.4, -0.2) is 15.2 Å². The molecule has 0 amide bonds. The molecule has 4 rings (SSSR count). The molecule has 128 valence electrons. The highest BCUT2D eigenvalue weighted by atomic mass is 32.1. The van der Waals surface area contributed by atoms with Gasteiger partial charge in [-0.2, -0.15) is 0 Å². The summed E-state index contributed by atoms with van der Waals surface area (Å²) in [4.78, 5) is 4.51. The second kappa shape index (κ2) is 7.06. The molecule has 0 saturated heterocycles. The quantitative estimate of drug-likeness (QED) is 0.514. The molecule has 0 aliphatic carbocycles. The molecule has 0 fully saturated rings. The lowest BCUT2D eigenvalue weighted by atomic mass is 10.1. The van der Waals surface area contributed by atoms with Crippen molar-refractivity contribution in [1.29, 1.82) is 0 Å². The van der Waals surface area contributed by atoms with Crippen molar-refractivity contribution in [2.45, 2.75) is 13.8 Å². The van der Waals surface area contributed by atoms with Crippen LogP contribution in [0.4, 0.5) is 11.5 Å². The highest BCUT2D eigenvalue weighted by molar-refractivity contribution is 7.09. The molecule has 2 aromatic heterocycles. The Morgan fingerprint density at radius 2 is 1.42 bits per heavy atom. The third-order valence-corrected chi connectivity index (χ3v) is 4.86. The molecule has 4 aromatic rings. The highest BCUT2D eigenvalue weighted by Crippen LogP contribution is 2.24. The van der Waals surface area contributed by atoms with Crippen LogP contribution in [-0.2, 0) is 0 Å². The van der Waals surface area contributed by atoms with E-state index in [9.17, 15) is 0 Å². The van der Waals surface area contributed by atoms with E-state index in [0.29, 0.717) is 0 Å². The number of benzene rings is 2. The summed E-state index contributed by atoms with van der Waals surface area (Å²) in [5, 5.41) is 15.0. The Bertz CT molecular complexity index is 1000. The standard InChI is InChI=1S/C21H18N4S/c1-14-3-5-16(6-4-14)19-11-12-21(25-24-19)23-18-9-7-17(8-10-18)20-13-26-15(2)22-20/h3-13H,1-2H3,(H,23,25). The van der Waals surface area contributed by atoms with E-state index < -0.39 is 0 Å². The van der Waals surface area contributed by atoms with Gasteiger partial charge in [-0.1, -0.05) is 42.0 Å². The van der Waals surface area contributed by atoms with E-state index in [4.69, 9.17) is 0 Å². The molecule has 0 radical (unpaired) electrons. The van der Waals surface area contributed by atoms with E-state index in [1.807, 2.05) is 31.2 Å². The summed E-state index contributed by atoms with van der Waals surface area (Å²) < 4.78 is 0. The minimum absolute atomic E-state index is 0.720. The summed E-state index contributed by atoms with van der Waals surface area (Å²) in [7, 11) is 0. The molecule has 0 bridgehead atoms. The van der Waals surface area contributed by atoms with Crippen molar-refractivity contribution in [2.24, 2.45) is 0 Å². The average molecular weight is 358 g/mol. The average Bonchev–Trinajstić information content (AvgIpc) is 3.10. The minimum atomic E-state index is 0.720. The van der Waals surface area contributed by atoms with Crippen LogP contribution in [0.2, 0.25) is 0 Å². The SMILES string of the molecule is Cc1ccc(-c2ccc(Nc3ccc(-c4csc(C)n4)cc3)nn2)cc1. The van der Waals surface area contributed by atoms with Gasteiger partial charge in [0.25, 0.3) is 0 Å². The largest absolute Gasteiger partial charge is 0.339 e. The maximum Gasteiger partial charge on any atom is 0.153 e. The zero-order valence-electron chi connectivity index (χ0n) is 14.6. The molecule has 1 N–H and O–H groups in total. The lowest BCUT2D eigenvalue weighted by Gasteiger charge is -2.07. The first-order chi connectivity index (χ1) is 12.7. The molecule has 5 heteroatoms. The van der Waals surface area contributed by atoms with Crippen LogP contribution in [0.1, 0.15) is 10.6 Å². The van der Waals surface area contributed by atoms with Gasteiger partial charge in [-0.15, -0.1) is 21.5 Å². The van der Waals surface area contributed by atoms with Gasteiger partial charge in [-0.3, -0.25) is 0 Å². The number of thiazole rings is 1. The Labute approximate surface area is 156 Å². The van der Waals surface area contributed by atoms with Crippen LogP contribution >= 0.6 is 11.3 Å². The first-order valence-electron chi connectivity index (χ1n) is 8.38. The molecule has 4 nitrogen and oxygen atoms in total. The first kappa shape index (κ1) is 16.4. The van der Waals surface area contributed by atoms with Gasteiger partial charge in [0.15, 0.2) is 5.82 Å². The van der Waals surface area contributed by atoms with Gasteiger partial charge in [-0.25, -0.2) is 4.98 Å². The van der Waals surface area contributed by atoms with Crippen LogP contribution in [0.25, 0.3) is 22.5 Å². The van der Waals surface area contributed by atoms with Crippen molar-refractivity contribution >= 4 is 22.8 Å². The van der Waals surface area contributed by atoms with Crippen LogP contribution < -0.4 is 5.32 Å². The predicted molar refractivity (Wildman–Crippen MR) is 108 cm³/mol. The van der Waals surface area contributed by atoms with Gasteiger partial charge in [0.05, 0.1) is 16.4 Å². The highest BCUT2D eigenvalue weighted by Gasteiger charge is 2.04. The molecule has 0 unspecified atom stereocenters. The van der Waals surface area contributed by atoms with Gasteiger partial charge < -0.3 is 5.32 Å². The third-order valence-electron chi connectivity index (χ3n) is 4.08. The Balaban J connectivity index is 1.48. The maximum atomic E-state index is 4.51. The minimum Gasteiger partial charge on any atom is -0.339 e. The Kier molecular flexibility index (Phi) is 4.46. The molecule has 0 atom stereocenters. The number of anilines is 2. The summed E-state index contributed by atoms with van der Waals surface area (Å²) in [6.07, 6.45) is 0. The number of hydrogen-bond acceptors (Lipinski definition) is 5. The monoisotopic (exact) mass is 358 g/mol. The molecule has 0 aliphatic rings. The summed E-state index contributed by atoms with van der Waals surface area (Å²) >= 11 is 1.66. The zero-order valence-corrected chi connectivity index (χ0v) is 15.4. The van der Waals surface area contributed by atoms with Crippen molar-refractivity contribution < 1.29 is 0 Å². The fourth-order valence-electron chi connectivity index (χ4n) is 2.65. The van der Waals surface area contributed by atoms with Crippen molar-refractivity contribution in [2.75, 3.05) is 5.32 Å². The van der Waals surface area contributed by atoms with E-state index in [0.717, 1.165) is 39.0 Å². The molecule has 2 heterocycles. The Morgan fingerprint density at radius 1 is 0.731 bits per heavy atom. The lowest BCUT2D eigenvalue weighted by Crippen LogP contribution is -1.96. The van der Waals surface area contributed by atoms with E-state index in [2.05, 4.69) is 69.2 Å². The van der Waals surface area contributed by atoms with Crippen LogP contribution in [0.3, 0.4) is 0 Å². The van der Waals surface area contributed by atoms with Crippen LogP contribution in [0.5, 0.6) is 0 Å². The number of rotatable bonds is 4. The molecular formula is C21H18N4S. The smallest absolute Gasteiger partial charge is 0.153 e. The zero-order chi connectivity index (χ0) is 17.9. The Morgan fingerprint density at radius 3 is 2.04 bits per heavy atom. The third kappa shape index (κ3) is 3.63. The van der Waals surface area contributed by atoms with Gasteiger partial charge in [0.2, 0.25) is 0 Å². The summed E-state index contributed by atoms with van der Waals surface area (Å²) in [5.41, 5.74) is 6.26. The lowest BCUT2D eigenvalue weighted by molar-refractivity contribution is 1.04. The second-order valence-electron chi connectivity index (χ2n) is 6.12. The van der Waals surface area contributed by atoms with E-state index >= 15 is 0 Å². The van der Waals surface area contributed by atoms with Crippen molar-refractivity contribution in [1.82, 2.24) is 15.2 Å². The van der Waals surface area contributed by atoms with Gasteiger partial charge in [0.1, 0.15) is 0 Å². The summed E-state index contributed by atoms with van der Waals surface area (Å²) in [6, 6.07) is 20.4. The van der Waals surface area contributed by atoms with Gasteiger partial charge >= 0.3 is 0 Å². The maximum absolute atomic E-state index is 4.51. The van der Waals surface area contributed by atoms with Crippen LogP contribution in [0, 0.1) is 13.8 Å². The molecule has 26 heavy (non-hydrogen) atoms. The molecule has 0 saturated carbocycles. The number of nitrogens with zero attached hydrogens (tertiary/aromatic N) is 3. The molecular weight excluding hydrogens is 340 g/mol. The van der Waals surface area contributed by atoms with Crippen molar-refractivity contribution in [3.63, 3.8) is 0 Å². The number of nitrogens with one attached hydrogen (secondary N) is 1. The van der Waals surface area contributed by atoms with Crippen LogP contribution in [0.15, 0.2) is 66.0 Å².